The van der Waals surface area contributed by atoms with Gasteiger partial charge in [-0.3, -0.25) is 0 Å². The van der Waals surface area contributed by atoms with Crippen LogP contribution >= 0.6 is 0 Å². The Hall–Kier alpha value is -1.14. The fraction of sp³-hybridized carbons (Fsp3) is 0.455. The second-order valence-corrected chi connectivity index (χ2v) is 3.61. The molecular formula is C11H13F4NO. The van der Waals surface area contributed by atoms with Gasteiger partial charge in [0.2, 0.25) is 0 Å². The normalized spacial score (nSPS) is 13.7. The van der Waals surface area contributed by atoms with Crippen molar-refractivity contribution in [3.05, 3.63) is 35.6 Å². The molecule has 2 N–H and O–H groups in total. The van der Waals surface area contributed by atoms with Crippen molar-refractivity contribution in [1.82, 2.24) is 0 Å². The largest absolute Gasteiger partial charge is 0.411 e. The van der Waals surface area contributed by atoms with E-state index in [-0.39, 0.29) is 18.8 Å². The highest BCUT2D eigenvalue weighted by atomic mass is 19.4. The van der Waals surface area contributed by atoms with Crippen LogP contribution in [-0.2, 0) is 4.74 Å². The van der Waals surface area contributed by atoms with Crippen molar-refractivity contribution in [2.45, 2.75) is 18.6 Å². The average Bonchev–Trinajstić information content (AvgIpc) is 2.24. The molecule has 0 fully saturated rings. The second kappa shape index (κ2) is 5.97. The van der Waals surface area contributed by atoms with Gasteiger partial charge in [-0.1, -0.05) is 12.1 Å². The van der Waals surface area contributed by atoms with Gasteiger partial charge in [0, 0.05) is 12.6 Å². The van der Waals surface area contributed by atoms with Gasteiger partial charge in [0.1, 0.15) is 12.4 Å². The van der Waals surface area contributed by atoms with E-state index in [2.05, 4.69) is 4.74 Å². The fourth-order valence-electron chi connectivity index (χ4n) is 1.27. The van der Waals surface area contributed by atoms with E-state index in [0.29, 0.717) is 5.56 Å². The molecule has 0 saturated heterocycles. The number of nitrogens with two attached hydrogens (primary N) is 1. The Morgan fingerprint density at radius 1 is 1.18 bits per heavy atom. The lowest BCUT2D eigenvalue weighted by Gasteiger charge is -2.13. The number of benzene rings is 1. The first-order chi connectivity index (χ1) is 7.88. The molecule has 0 spiro atoms. The Morgan fingerprint density at radius 2 is 1.76 bits per heavy atom. The van der Waals surface area contributed by atoms with Gasteiger partial charge in [-0.2, -0.15) is 13.2 Å². The van der Waals surface area contributed by atoms with Crippen LogP contribution in [0.2, 0.25) is 0 Å². The van der Waals surface area contributed by atoms with Crippen LogP contribution < -0.4 is 5.73 Å². The van der Waals surface area contributed by atoms with Gasteiger partial charge >= 0.3 is 6.18 Å². The van der Waals surface area contributed by atoms with Crippen molar-refractivity contribution in [2.24, 2.45) is 5.73 Å². The van der Waals surface area contributed by atoms with Gasteiger partial charge < -0.3 is 10.5 Å². The molecule has 0 aliphatic rings. The Morgan fingerprint density at radius 3 is 2.29 bits per heavy atom. The first kappa shape index (κ1) is 13.9. The second-order valence-electron chi connectivity index (χ2n) is 3.61. The number of hydrogen-bond acceptors (Lipinski definition) is 2. The summed E-state index contributed by atoms with van der Waals surface area (Å²) < 4.78 is 52.3. The van der Waals surface area contributed by atoms with E-state index in [4.69, 9.17) is 5.73 Å². The summed E-state index contributed by atoms with van der Waals surface area (Å²) in [5.74, 6) is -0.380. The van der Waals surface area contributed by atoms with E-state index >= 15 is 0 Å². The minimum absolute atomic E-state index is 0.0853. The quantitative estimate of drug-likeness (QED) is 0.645. The molecule has 0 aliphatic carbocycles. The summed E-state index contributed by atoms with van der Waals surface area (Å²) in [6.45, 7) is -1.36. The molecule has 0 aliphatic heterocycles. The van der Waals surface area contributed by atoms with Gasteiger partial charge in [0.25, 0.3) is 0 Å². The SMILES string of the molecule is NC(CCOCC(F)(F)F)c1ccc(F)cc1. The van der Waals surface area contributed by atoms with Crippen LogP contribution in [0.1, 0.15) is 18.0 Å². The number of hydrogen-bond donors (Lipinski definition) is 1. The molecule has 1 atom stereocenters. The monoisotopic (exact) mass is 251 g/mol. The zero-order valence-electron chi connectivity index (χ0n) is 9.01. The number of halogens is 4. The van der Waals surface area contributed by atoms with Crippen LogP contribution in [0.3, 0.4) is 0 Å². The summed E-state index contributed by atoms with van der Waals surface area (Å²) in [6, 6.07) is 5.06. The Labute approximate surface area is 96.4 Å². The maximum Gasteiger partial charge on any atom is 0.411 e. The van der Waals surface area contributed by atoms with Gasteiger partial charge in [-0.15, -0.1) is 0 Å². The molecule has 2 nitrogen and oxygen atoms in total. The number of ether oxygens (including phenoxy) is 1. The van der Waals surface area contributed by atoms with Crippen LogP contribution in [0.15, 0.2) is 24.3 Å². The highest BCUT2D eigenvalue weighted by molar-refractivity contribution is 5.19. The molecule has 0 amide bonds. The van der Waals surface area contributed by atoms with Crippen molar-refractivity contribution in [3.8, 4) is 0 Å². The molecule has 1 aromatic rings. The average molecular weight is 251 g/mol. The van der Waals surface area contributed by atoms with E-state index in [1.165, 1.54) is 24.3 Å². The molecule has 17 heavy (non-hydrogen) atoms. The lowest BCUT2D eigenvalue weighted by molar-refractivity contribution is -0.174. The van der Waals surface area contributed by atoms with Gasteiger partial charge in [-0.25, -0.2) is 4.39 Å². The molecule has 6 heteroatoms. The highest BCUT2D eigenvalue weighted by Crippen LogP contribution is 2.17. The van der Waals surface area contributed by atoms with Crippen LogP contribution in [-0.4, -0.2) is 19.4 Å². The first-order valence-corrected chi connectivity index (χ1v) is 5.04. The smallest absolute Gasteiger partial charge is 0.372 e. The van der Waals surface area contributed by atoms with Crippen LogP contribution in [0, 0.1) is 5.82 Å². The predicted molar refractivity (Wildman–Crippen MR) is 54.8 cm³/mol. The molecule has 0 heterocycles. The van der Waals surface area contributed by atoms with Gasteiger partial charge in [0.05, 0.1) is 0 Å². The molecule has 0 bridgehead atoms. The molecule has 1 rings (SSSR count). The molecule has 0 saturated carbocycles. The molecular weight excluding hydrogens is 238 g/mol. The number of alkyl halides is 3. The minimum Gasteiger partial charge on any atom is -0.372 e. The summed E-state index contributed by atoms with van der Waals surface area (Å²) in [5, 5.41) is 0. The zero-order chi connectivity index (χ0) is 12.9. The molecule has 1 aromatic carbocycles. The topological polar surface area (TPSA) is 35.2 Å². The van der Waals surface area contributed by atoms with E-state index in [1.54, 1.807) is 0 Å². The van der Waals surface area contributed by atoms with Crippen LogP contribution in [0.4, 0.5) is 17.6 Å². The maximum atomic E-state index is 12.6. The third kappa shape index (κ3) is 5.65. The van der Waals surface area contributed by atoms with Gasteiger partial charge in [0.15, 0.2) is 0 Å². The summed E-state index contributed by atoms with van der Waals surface area (Å²) in [5.41, 5.74) is 6.38. The summed E-state index contributed by atoms with van der Waals surface area (Å²) in [6.07, 6.45) is -4.07. The van der Waals surface area contributed by atoms with Crippen molar-refractivity contribution < 1.29 is 22.3 Å². The molecule has 0 aromatic heterocycles. The molecule has 96 valence electrons. The summed E-state index contributed by atoms with van der Waals surface area (Å²) in [4.78, 5) is 0. The predicted octanol–water partition coefficient (Wildman–Crippen LogP) is 2.79. The fourth-order valence-corrected chi connectivity index (χ4v) is 1.27. The first-order valence-electron chi connectivity index (χ1n) is 5.04. The third-order valence-electron chi connectivity index (χ3n) is 2.14. The van der Waals surface area contributed by atoms with E-state index < -0.39 is 18.8 Å². The van der Waals surface area contributed by atoms with Gasteiger partial charge in [-0.05, 0) is 24.1 Å². The number of rotatable bonds is 5. The minimum atomic E-state index is -4.32. The van der Waals surface area contributed by atoms with Crippen molar-refractivity contribution >= 4 is 0 Å². The van der Waals surface area contributed by atoms with Crippen LogP contribution in [0.5, 0.6) is 0 Å². The van der Waals surface area contributed by atoms with Crippen molar-refractivity contribution in [1.29, 1.82) is 0 Å². The molecule has 0 radical (unpaired) electrons. The van der Waals surface area contributed by atoms with E-state index in [0.717, 1.165) is 0 Å². The maximum absolute atomic E-state index is 12.6. The zero-order valence-corrected chi connectivity index (χ0v) is 9.01. The summed E-state index contributed by atoms with van der Waals surface area (Å²) >= 11 is 0. The van der Waals surface area contributed by atoms with Crippen LogP contribution in [0.25, 0.3) is 0 Å². The van der Waals surface area contributed by atoms with Crippen molar-refractivity contribution in [2.75, 3.05) is 13.2 Å². The van der Waals surface area contributed by atoms with Crippen molar-refractivity contribution in [3.63, 3.8) is 0 Å². The lowest BCUT2D eigenvalue weighted by atomic mass is 10.1. The van der Waals surface area contributed by atoms with E-state index in [1.807, 2.05) is 0 Å². The Kier molecular flexibility index (Phi) is 4.89. The summed E-state index contributed by atoms with van der Waals surface area (Å²) in [7, 11) is 0. The lowest BCUT2D eigenvalue weighted by Crippen LogP contribution is -2.19. The molecule has 1 unspecified atom stereocenters. The Bertz CT molecular complexity index is 336. The highest BCUT2D eigenvalue weighted by Gasteiger charge is 2.27. The third-order valence-corrected chi connectivity index (χ3v) is 2.14. The van der Waals surface area contributed by atoms with E-state index in [9.17, 15) is 17.6 Å². The standard InChI is InChI=1S/C11H13F4NO/c12-9-3-1-8(2-4-9)10(16)5-6-17-7-11(13,14)15/h1-4,10H,5-7,16H2. The Balaban J connectivity index is 2.30.